The number of rotatable bonds is 4. The first-order valence-electron chi connectivity index (χ1n) is 11.0. The molecule has 0 bridgehead atoms. The second kappa shape index (κ2) is 7.85. The maximum Gasteiger partial charge on any atom is 0.255 e. The highest BCUT2D eigenvalue weighted by Gasteiger charge is 2.60. The summed E-state index contributed by atoms with van der Waals surface area (Å²) in [4.78, 5) is 41.5. The van der Waals surface area contributed by atoms with E-state index in [4.69, 9.17) is 5.73 Å². The molecule has 0 radical (unpaired) electrons. The summed E-state index contributed by atoms with van der Waals surface area (Å²) in [7, 11) is 7.33. The number of fused-ring (bicyclic) bond motifs is 3. The number of aliphatic hydroxyl groups is 3. The number of aliphatic hydroxyl groups excluding tert-OH is 2. The topological polar surface area (TPSA) is 165 Å². The van der Waals surface area contributed by atoms with Crippen molar-refractivity contribution < 1.29 is 34.8 Å². The summed E-state index contributed by atoms with van der Waals surface area (Å²) >= 11 is 0. The van der Waals surface area contributed by atoms with Crippen molar-refractivity contribution in [1.82, 2.24) is 4.90 Å². The van der Waals surface area contributed by atoms with E-state index >= 15 is 0 Å². The van der Waals surface area contributed by atoms with Gasteiger partial charge in [-0.3, -0.25) is 14.4 Å². The molecule has 3 atom stereocenters. The fourth-order valence-electron chi connectivity index (χ4n) is 5.58. The third-order valence-corrected chi connectivity index (χ3v) is 7.09. The smallest absolute Gasteiger partial charge is 0.255 e. The molecule has 10 nitrogen and oxygen atoms in total. The Hall–Kier alpha value is -3.37. The average Bonchev–Trinajstić information content (AvgIpc) is 2.71. The third-order valence-electron chi connectivity index (χ3n) is 7.09. The normalized spacial score (nSPS) is 26.4. The molecule has 34 heavy (non-hydrogen) atoms. The summed E-state index contributed by atoms with van der Waals surface area (Å²) in [5, 5.41) is 44.3. The van der Waals surface area contributed by atoms with E-state index in [0.29, 0.717) is 17.7 Å². The van der Waals surface area contributed by atoms with Crippen LogP contribution in [0.15, 0.2) is 23.0 Å². The zero-order valence-corrected chi connectivity index (χ0v) is 19.5. The molecule has 6 N–H and O–H groups in total. The molecule has 1 fully saturated rings. The summed E-state index contributed by atoms with van der Waals surface area (Å²) < 4.78 is 0. The van der Waals surface area contributed by atoms with Crippen LogP contribution in [-0.4, -0.2) is 76.6 Å². The van der Waals surface area contributed by atoms with Gasteiger partial charge < -0.3 is 36.0 Å². The van der Waals surface area contributed by atoms with E-state index in [1.807, 2.05) is 44.1 Å². The Bertz CT molecular complexity index is 1200. The highest BCUT2D eigenvalue weighted by molar-refractivity contribution is 6.22. The van der Waals surface area contributed by atoms with Crippen LogP contribution >= 0.6 is 0 Å². The molecular formula is C24H29N3O7. The van der Waals surface area contributed by atoms with Gasteiger partial charge in [0.1, 0.15) is 22.8 Å². The number of nitrogens with zero attached hydrogens (tertiary/aromatic N) is 2. The van der Waals surface area contributed by atoms with Crippen LogP contribution in [0.5, 0.6) is 5.75 Å². The maximum absolute atomic E-state index is 13.6. The van der Waals surface area contributed by atoms with Gasteiger partial charge in [0, 0.05) is 49.8 Å². The third kappa shape index (κ3) is 3.20. The Balaban J connectivity index is 1.96. The molecule has 1 aromatic rings. The Labute approximate surface area is 196 Å². The van der Waals surface area contributed by atoms with Crippen molar-refractivity contribution in [2.75, 3.05) is 33.1 Å². The van der Waals surface area contributed by atoms with Gasteiger partial charge in [-0.2, -0.15) is 0 Å². The number of amides is 1. The standard InChI is InChI=1S/C24H29N3O7/c1-26(2)9-11-7-14(27(3)4)13-6-10-5-12-8-15(28)18(23(25)33)22(32)24(12,34)21(31)16(10)20(30)17(13)19(11)29/h7,10,12,29-30,32,34H,5-6,8-9H2,1-4H3,(H2,25,33)/t10-,12+,24+/m1/s1. The molecule has 0 heterocycles. The van der Waals surface area contributed by atoms with Crippen LogP contribution in [0.1, 0.15) is 29.5 Å². The van der Waals surface area contributed by atoms with Gasteiger partial charge in [0.15, 0.2) is 11.4 Å². The predicted molar refractivity (Wildman–Crippen MR) is 123 cm³/mol. The number of nitrogens with two attached hydrogens (primary N) is 1. The van der Waals surface area contributed by atoms with Crippen LogP contribution in [-0.2, 0) is 27.3 Å². The van der Waals surface area contributed by atoms with Crippen molar-refractivity contribution in [3.63, 3.8) is 0 Å². The van der Waals surface area contributed by atoms with Crippen LogP contribution < -0.4 is 10.6 Å². The number of hydrogen-bond donors (Lipinski definition) is 5. The highest BCUT2D eigenvalue weighted by Crippen LogP contribution is 2.53. The van der Waals surface area contributed by atoms with E-state index in [1.54, 1.807) is 0 Å². The quantitative estimate of drug-likeness (QED) is 0.394. The molecule has 0 spiro atoms. The van der Waals surface area contributed by atoms with Crippen molar-refractivity contribution in [3.05, 3.63) is 39.7 Å². The Kier molecular flexibility index (Phi) is 5.49. The zero-order chi connectivity index (χ0) is 25.3. The minimum atomic E-state index is -2.56. The molecule has 1 amide bonds. The number of phenols is 1. The van der Waals surface area contributed by atoms with Gasteiger partial charge in [-0.1, -0.05) is 0 Å². The number of hydrogen-bond acceptors (Lipinski definition) is 9. The zero-order valence-electron chi connectivity index (χ0n) is 19.5. The summed E-state index contributed by atoms with van der Waals surface area (Å²) in [6.07, 6.45) is 0.0449. The number of carbonyl (C=O) groups excluding carboxylic acids is 3. The number of carbonyl (C=O) groups is 3. The molecule has 182 valence electrons. The Morgan fingerprint density at radius 3 is 2.35 bits per heavy atom. The minimum Gasteiger partial charge on any atom is -0.508 e. The molecule has 0 aliphatic heterocycles. The van der Waals surface area contributed by atoms with E-state index in [9.17, 15) is 34.8 Å². The first kappa shape index (κ1) is 23.8. The largest absolute Gasteiger partial charge is 0.508 e. The van der Waals surface area contributed by atoms with Gasteiger partial charge in [-0.25, -0.2) is 0 Å². The van der Waals surface area contributed by atoms with E-state index in [0.717, 1.165) is 5.69 Å². The lowest BCUT2D eigenvalue weighted by molar-refractivity contribution is -0.147. The Morgan fingerprint density at radius 1 is 1.15 bits per heavy atom. The molecule has 4 rings (SSSR count). The highest BCUT2D eigenvalue weighted by atomic mass is 16.3. The molecule has 0 unspecified atom stereocenters. The second-order valence-corrected chi connectivity index (χ2v) is 9.80. The van der Waals surface area contributed by atoms with Crippen molar-refractivity contribution in [3.8, 4) is 5.75 Å². The van der Waals surface area contributed by atoms with Crippen LogP contribution in [0.2, 0.25) is 0 Å². The predicted octanol–water partition coefficient (Wildman–Crippen LogP) is 0.552. The van der Waals surface area contributed by atoms with Gasteiger partial charge in [0.05, 0.1) is 5.56 Å². The Morgan fingerprint density at radius 2 is 1.79 bits per heavy atom. The van der Waals surface area contributed by atoms with Crippen molar-refractivity contribution in [2.45, 2.75) is 31.4 Å². The molecule has 3 aliphatic rings. The van der Waals surface area contributed by atoms with Gasteiger partial charge in [-0.05, 0) is 44.5 Å². The first-order valence-corrected chi connectivity index (χ1v) is 11.0. The van der Waals surface area contributed by atoms with Crippen LogP contribution in [0, 0.1) is 11.8 Å². The molecule has 0 saturated heterocycles. The fraction of sp³-hybridized carbons (Fsp3) is 0.458. The fourth-order valence-corrected chi connectivity index (χ4v) is 5.58. The molecule has 1 aromatic carbocycles. The van der Waals surface area contributed by atoms with Crippen molar-refractivity contribution in [2.24, 2.45) is 17.6 Å². The average molecular weight is 472 g/mol. The molecular weight excluding hydrogens is 442 g/mol. The van der Waals surface area contributed by atoms with Gasteiger partial charge >= 0.3 is 0 Å². The van der Waals surface area contributed by atoms with Crippen LogP contribution in [0.3, 0.4) is 0 Å². The number of aromatic hydroxyl groups is 1. The van der Waals surface area contributed by atoms with E-state index in [-0.39, 0.29) is 36.1 Å². The molecule has 1 saturated carbocycles. The number of benzene rings is 1. The second-order valence-electron chi connectivity index (χ2n) is 9.80. The first-order chi connectivity index (χ1) is 15.8. The van der Waals surface area contributed by atoms with Crippen LogP contribution in [0.4, 0.5) is 5.69 Å². The molecule has 0 aromatic heterocycles. The summed E-state index contributed by atoms with van der Waals surface area (Å²) in [5.74, 6) is -6.23. The van der Waals surface area contributed by atoms with E-state index < -0.39 is 52.0 Å². The summed E-state index contributed by atoms with van der Waals surface area (Å²) in [5.41, 5.74) is 3.78. The van der Waals surface area contributed by atoms with Gasteiger partial charge in [0.2, 0.25) is 5.78 Å². The van der Waals surface area contributed by atoms with Crippen molar-refractivity contribution in [1.29, 1.82) is 0 Å². The lowest BCUT2D eigenvalue weighted by atomic mass is 9.59. The SMILES string of the molecule is CN(C)Cc1cc(N(C)C)c2c(c1O)C(O)=C1C(=O)[C@]3(O)C(O)=C(C(N)=O)C(=O)C[C@@H]3C[C@@H]1C2. The maximum atomic E-state index is 13.6. The number of anilines is 1. The summed E-state index contributed by atoms with van der Waals surface area (Å²) in [6, 6.07) is 1.84. The van der Waals surface area contributed by atoms with Crippen LogP contribution in [0.25, 0.3) is 5.76 Å². The minimum absolute atomic E-state index is 0.107. The lowest BCUT2D eigenvalue weighted by Gasteiger charge is -2.46. The molecule has 3 aliphatic carbocycles. The van der Waals surface area contributed by atoms with Gasteiger partial charge in [0.25, 0.3) is 5.91 Å². The number of phenolic OH excluding ortho intramolecular Hbond substituents is 1. The number of primary amides is 1. The number of ketones is 2. The van der Waals surface area contributed by atoms with E-state index in [1.165, 1.54) is 0 Å². The summed E-state index contributed by atoms with van der Waals surface area (Å²) in [6.45, 7) is 0.375. The molecule has 10 heteroatoms. The van der Waals surface area contributed by atoms with Crippen molar-refractivity contribution >= 4 is 28.9 Å². The monoisotopic (exact) mass is 471 g/mol. The number of Topliss-reactive ketones (excluding diaryl/α,β-unsaturated/α-hetero) is 2. The lowest BCUT2D eigenvalue weighted by Crippen LogP contribution is -2.58. The van der Waals surface area contributed by atoms with E-state index in [2.05, 4.69) is 0 Å². The van der Waals surface area contributed by atoms with Gasteiger partial charge in [-0.15, -0.1) is 0 Å².